The van der Waals surface area contributed by atoms with Gasteiger partial charge in [0.2, 0.25) is 0 Å². The molecule has 0 bridgehead atoms. The highest BCUT2D eigenvalue weighted by molar-refractivity contribution is 4.84. The van der Waals surface area contributed by atoms with Crippen LogP contribution in [0.15, 0.2) is 12.4 Å². The molecule has 0 N–H and O–H groups in total. The quantitative estimate of drug-likeness (QED) is 0.0613. The third-order valence-corrected chi connectivity index (χ3v) is 9.10. The van der Waals surface area contributed by atoms with Crippen molar-refractivity contribution in [3.05, 3.63) is 18.2 Å². The lowest BCUT2D eigenvalue weighted by Crippen LogP contribution is -2.37. The molecule has 0 saturated heterocycles. The normalized spacial score (nSPS) is 11.6. The maximum atomic E-state index is 2.63. The molecule has 0 aliphatic rings. The summed E-state index contributed by atoms with van der Waals surface area (Å²) in [5.41, 5.74) is 0. The highest BCUT2D eigenvalue weighted by atomic mass is 15.1. The Hall–Kier alpha value is -0.790. The van der Waals surface area contributed by atoms with Gasteiger partial charge in [0.25, 0.3) is 5.82 Å². The van der Waals surface area contributed by atoms with Crippen molar-refractivity contribution in [3.63, 3.8) is 0 Å². The largest absolute Gasteiger partial charge is 0.256 e. The lowest BCUT2D eigenvalue weighted by atomic mass is 10.0. The Morgan fingerprint density at radius 3 is 1.20 bits per heavy atom. The number of rotatable bonds is 32. The number of imidazole rings is 1. The lowest BCUT2D eigenvalue weighted by Gasteiger charge is -2.07. The number of hydrogen-bond donors (Lipinski definition) is 0. The minimum Gasteiger partial charge on any atom is -0.234 e. The molecule has 2 nitrogen and oxygen atoms in total. The minimum atomic E-state index is 1.23. The fraction of sp³-hybridized carbons (Fsp3) is 0.921. The molecule has 1 aromatic rings. The van der Waals surface area contributed by atoms with Crippen LogP contribution in [0.5, 0.6) is 0 Å². The highest BCUT2D eigenvalue weighted by Gasteiger charge is 2.16. The fourth-order valence-electron chi connectivity index (χ4n) is 6.33. The zero-order valence-corrected chi connectivity index (χ0v) is 28.2. The molecular formula is C38H75N2+. The van der Waals surface area contributed by atoms with Crippen LogP contribution >= 0.6 is 0 Å². The summed E-state index contributed by atoms with van der Waals surface area (Å²) < 4.78 is 5.25. The highest BCUT2D eigenvalue weighted by Crippen LogP contribution is 2.15. The van der Waals surface area contributed by atoms with Crippen molar-refractivity contribution in [2.24, 2.45) is 0 Å². The summed E-state index contributed by atoms with van der Waals surface area (Å²) in [7, 11) is 0. The molecule has 236 valence electrons. The molecule has 0 aromatic carbocycles. The van der Waals surface area contributed by atoms with Crippen molar-refractivity contribution >= 4 is 0 Å². The topological polar surface area (TPSA) is 8.81 Å². The van der Waals surface area contributed by atoms with E-state index in [1.165, 1.54) is 206 Å². The van der Waals surface area contributed by atoms with Crippen LogP contribution in [0.3, 0.4) is 0 Å². The van der Waals surface area contributed by atoms with Crippen LogP contribution in [0.1, 0.15) is 213 Å². The third-order valence-electron chi connectivity index (χ3n) is 9.10. The van der Waals surface area contributed by atoms with E-state index >= 15 is 0 Å². The molecule has 0 radical (unpaired) electrons. The molecular weight excluding hydrogens is 484 g/mol. The molecule has 0 atom stereocenters. The predicted molar refractivity (Wildman–Crippen MR) is 179 cm³/mol. The summed E-state index contributed by atoms with van der Waals surface area (Å²) in [6.07, 6.45) is 47.4. The second kappa shape index (κ2) is 29.7. The summed E-state index contributed by atoms with van der Waals surface area (Å²) in [6, 6.07) is 0. The molecule has 1 heterocycles. The van der Waals surface area contributed by atoms with Crippen LogP contribution in [-0.4, -0.2) is 4.57 Å². The van der Waals surface area contributed by atoms with Gasteiger partial charge in [-0.1, -0.05) is 175 Å². The van der Waals surface area contributed by atoms with Gasteiger partial charge >= 0.3 is 0 Å². The molecule has 1 aromatic heterocycles. The molecule has 1 rings (SSSR count). The van der Waals surface area contributed by atoms with E-state index < -0.39 is 0 Å². The zero-order chi connectivity index (χ0) is 28.8. The first-order chi connectivity index (χ1) is 19.8. The molecule has 0 aliphatic heterocycles. The smallest absolute Gasteiger partial charge is 0.234 e. The standard InChI is InChI=1S/C38H75N2/c1-4-7-10-13-16-18-20-22-24-26-29-32-35-40-37-36-39(34-31-28-15-12-9-6-3)38(40)33-30-27-25-23-21-19-17-14-11-8-5-2/h36-37H,4-35H2,1-3H3/q+1. The van der Waals surface area contributed by atoms with E-state index in [0.717, 1.165) is 0 Å². The summed E-state index contributed by atoms with van der Waals surface area (Å²) in [5.74, 6) is 1.62. The van der Waals surface area contributed by atoms with Gasteiger partial charge in [-0.25, -0.2) is 9.13 Å². The minimum absolute atomic E-state index is 1.23. The van der Waals surface area contributed by atoms with E-state index in [1.807, 2.05) is 0 Å². The van der Waals surface area contributed by atoms with Crippen LogP contribution < -0.4 is 4.57 Å². The van der Waals surface area contributed by atoms with Gasteiger partial charge in [-0.15, -0.1) is 0 Å². The van der Waals surface area contributed by atoms with E-state index in [9.17, 15) is 0 Å². The molecule has 0 spiro atoms. The monoisotopic (exact) mass is 560 g/mol. The van der Waals surface area contributed by atoms with Crippen molar-refractivity contribution in [1.29, 1.82) is 0 Å². The summed E-state index contributed by atoms with van der Waals surface area (Å²) in [4.78, 5) is 0. The van der Waals surface area contributed by atoms with Crippen LogP contribution in [0.25, 0.3) is 0 Å². The van der Waals surface area contributed by atoms with Gasteiger partial charge in [-0.05, 0) is 32.1 Å². The van der Waals surface area contributed by atoms with Crippen molar-refractivity contribution < 1.29 is 4.57 Å². The van der Waals surface area contributed by atoms with E-state index in [2.05, 4.69) is 42.3 Å². The Morgan fingerprint density at radius 2 is 0.775 bits per heavy atom. The maximum Gasteiger partial charge on any atom is 0.256 e. The number of aryl methyl sites for hydroxylation is 2. The predicted octanol–water partition coefficient (Wildman–Crippen LogP) is 12.7. The molecule has 0 fully saturated rings. The van der Waals surface area contributed by atoms with Gasteiger partial charge in [0.1, 0.15) is 12.4 Å². The number of nitrogens with zero attached hydrogens (tertiary/aromatic N) is 2. The first-order valence-electron chi connectivity index (χ1n) is 18.9. The van der Waals surface area contributed by atoms with Crippen LogP contribution in [0, 0.1) is 0 Å². The molecule has 2 heteroatoms. The van der Waals surface area contributed by atoms with E-state index in [1.54, 1.807) is 5.82 Å². The van der Waals surface area contributed by atoms with Gasteiger partial charge in [-0.3, -0.25) is 0 Å². The van der Waals surface area contributed by atoms with Crippen molar-refractivity contribution in [2.45, 2.75) is 226 Å². The summed E-state index contributed by atoms with van der Waals surface area (Å²) in [5, 5.41) is 0. The maximum absolute atomic E-state index is 2.63. The van der Waals surface area contributed by atoms with E-state index in [4.69, 9.17) is 0 Å². The van der Waals surface area contributed by atoms with E-state index in [-0.39, 0.29) is 0 Å². The Bertz CT molecular complexity index is 619. The molecule has 0 aliphatic carbocycles. The second-order valence-corrected chi connectivity index (χ2v) is 13.0. The number of unbranched alkanes of at least 4 members (excludes halogenated alkanes) is 26. The number of aromatic nitrogens is 2. The first-order valence-corrected chi connectivity index (χ1v) is 18.9. The van der Waals surface area contributed by atoms with E-state index in [0.29, 0.717) is 0 Å². The Morgan fingerprint density at radius 1 is 0.425 bits per heavy atom. The number of hydrogen-bond acceptors (Lipinski definition) is 0. The van der Waals surface area contributed by atoms with Crippen molar-refractivity contribution in [2.75, 3.05) is 0 Å². The molecule has 0 amide bonds. The molecule has 0 saturated carbocycles. The average Bonchev–Trinajstić information content (AvgIpc) is 3.35. The van der Waals surface area contributed by atoms with Crippen LogP contribution in [-0.2, 0) is 19.5 Å². The third kappa shape index (κ3) is 21.9. The second-order valence-electron chi connectivity index (χ2n) is 13.0. The first kappa shape index (κ1) is 37.2. The fourth-order valence-corrected chi connectivity index (χ4v) is 6.33. The van der Waals surface area contributed by atoms with Gasteiger partial charge in [0, 0.05) is 6.42 Å². The van der Waals surface area contributed by atoms with Crippen molar-refractivity contribution in [3.8, 4) is 0 Å². The van der Waals surface area contributed by atoms with Gasteiger partial charge in [0.05, 0.1) is 13.1 Å². The summed E-state index contributed by atoms with van der Waals surface area (Å²) >= 11 is 0. The zero-order valence-electron chi connectivity index (χ0n) is 28.2. The van der Waals surface area contributed by atoms with Gasteiger partial charge in [0.15, 0.2) is 0 Å². The Labute approximate surface area is 253 Å². The Kier molecular flexibility index (Phi) is 27.6. The van der Waals surface area contributed by atoms with Gasteiger partial charge in [-0.2, -0.15) is 0 Å². The van der Waals surface area contributed by atoms with Gasteiger partial charge < -0.3 is 0 Å². The van der Waals surface area contributed by atoms with Crippen LogP contribution in [0.4, 0.5) is 0 Å². The van der Waals surface area contributed by atoms with Crippen molar-refractivity contribution in [1.82, 2.24) is 4.57 Å². The van der Waals surface area contributed by atoms with Crippen LogP contribution in [0.2, 0.25) is 0 Å². The lowest BCUT2D eigenvalue weighted by molar-refractivity contribution is -0.704. The SMILES string of the molecule is CCCCCCCCCCCCCC[n+]1ccn(CCCCCCCC)c1CCCCCCCCCCCCC. The Balaban J connectivity index is 2.28. The summed E-state index contributed by atoms with van der Waals surface area (Å²) in [6.45, 7) is 9.40. The molecule has 40 heavy (non-hydrogen) atoms. The average molecular weight is 560 g/mol. The molecule has 0 unspecified atom stereocenters.